The summed E-state index contributed by atoms with van der Waals surface area (Å²) in [6, 6.07) is 25.9. The van der Waals surface area contributed by atoms with Gasteiger partial charge < -0.3 is 24.8 Å². The molecule has 3 aromatic rings. The highest BCUT2D eigenvalue weighted by Crippen LogP contribution is 2.44. The van der Waals surface area contributed by atoms with Gasteiger partial charge in [0.1, 0.15) is 26.5 Å². The Bertz CT molecular complexity index is 1270. The quantitative estimate of drug-likeness (QED) is 0.279. The van der Waals surface area contributed by atoms with Crippen LogP contribution in [-0.2, 0) is 30.4 Å². The van der Waals surface area contributed by atoms with Crippen molar-refractivity contribution in [1.82, 2.24) is 10.6 Å². The van der Waals surface area contributed by atoms with Gasteiger partial charge in [-0.2, -0.15) is 0 Å². The van der Waals surface area contributed by atoms with Crippen LogP contribution in [0.5, 0.6) is 0 Å². The second kappa shape index (κ2) is 13.3. The number of benzene rings is 3. The van der Waals surface area contributed by atoms with Gasteiger partial charge in [0.05, 0.1) is 12.0 Å². The summed E-state index contributed by atoms with van der Waals surface area (Å²) in [7, 11) is 0. The van der Waals surface area contributed by atoms with Crippen LogP contribution in [0.25, 0.3) is 11.1 Å². The van der Waals surface area contributed by atoms with Gasteiger partial charge >= 0.3 is 12.1 Å². The number of esters is 1. The van der Waals surface area contributed by atoms with Crippen LogP contribution in [0.4, 0.5) is 4.79 Å². The minimum atomic E-state index is -0.643. The lowest BCUT2D eigenvalue weighted by Crippen LogP contribution is -2.39. The fourth-order valence-corrected chi connectivity index (χ4v) is 5.42. The maximum Gasteiger partial charge on any atom is 0.407 e. The lowest BCUT2D eigenvalue weighted by atomic mass is 9.87. The number of alkyl carbamates (subject to hydrolysis) is 1. The fourth-order valence-electron chi connectivity index (χ4n) is 5.42. The van der Waals surface area contributed by atoms with Crippen LogP contribution in [0, 0.1) is 5.92 Å². The molecule has 2 amide bonds. The summed E-state index contributed by atoms with van der Waals surface area (Å²) in [6.45, 7) is 0.304. The van der Waals surface area contributed by atoms with E-state index in [1.807, 2.05) is 54.6 Å². The van der Waals surface area contributed by atoms with Gasteiger partial charge in [0.15, 0.2) is 0 Å². The van der Waals surface area contributed by atoms with Crippen LogP contribution < -0.4 is 10.6 Å². The Morgan fingerprint density at radius 3 is 2.02 bits per heavy atom. The topological polar surface area (TPSA) is 103 Å². The van der Waals surface area contributed by atoms with Gasteiger partial charge in [0, 0.05) is 5.92 Å². The Morgan fingerprint density at radius 1 is 0.725 bits per heavy atom. The van der Waals surface area contributed by atoms with Crippen molar-refractivity contribution in [1.29, 1.82) is 0 Å². The second-order valence-electron chi connectivity index (χ2n) is 10.2. The maximum atomic E-state index is 12.4. The van der Waals surface area contributed by atoms with E-state index >= 15 is 0 Å². The average Bonchev–Trinajstić information content (AvgIpc) is 3.32. The first-order valence-electron chi connectivity index (χ1n) is 13.8. The molecule has 40 heavy (non-hydrogen) atoms. The third-order valence-electron chi connectivity index (χ3n) is 7.56. The molecular weight excluding hydrogens is 508 g/mol. The van der Waals surface area contributed by atoms with E-state index in [1.165, 1.54) is 0 Å². The molecule has 0 spiro atoms. The highest BCUT2D eigenvalue weighted by Gasteiger charge is 2.29. The highest BCUT2D eigenvalue weighted by molar-refractivity contribution is 5.82. The summed E-state index contributed by atoms with van der Waals surface area (Å²) in [5.74, 6) is -0.706. The van der Waals surface area contributed by atoms with Crippen LogP contribution in [0.1, 0.15) is 48.3 Å². The van der Waals surface area contributed by atoms with Crippen LogP contribution in [-0.4, -0.2) is 44.0 Å². The molecule has 8 nitrogen and oxygen atoms in total. The molecule has 3 aromatic carbocycles. The van der Waals surface area contributed by atoms with Gasteiger partial charge in [-0.1, -0.05) is 78.9 Å². The van der Waals surface area contributed by atoms with Gasteiger partial charge in [0.25, 0.3) is 0 Å². The molecule has 5 rings (SSSR count). The lowest BCUT2D eigenvalue weighted by molar-refractivity contribution is -0.152. The zero-order valence-corrected chi connectivity index (χ0v) is 22.3. The van der Waals surface area contributed by atoms with Gasteiger partial charge in [-0.15, -0.1) is 0 Å². The largest absolute Gasteiger partial charge is 0.461 e. The molecule has 0 aromatic heterocycles. The Morgan fingerprint density at radius 2 is 1.35 bits per heavy atom. The van der Waals surface area contributed by atoms with E-state index in [9.17, 15) is 14.4 Å². The number of carbonyl (C=O) groups is 3. The van der Waals surface area contributed by atoms with Crippen LogP contribution in [0.15, 0.2) is 78.9 Å². The molecule has 0 heterocycles. The molecule has 0 aliphatic heterocycles. The van der Waals surface area contributed by atoms with E-state index in [4.69, 9.17) is 14.2 Å². The van der Waals surface area contributed by atoms with Crippen molar-refractivity contribution in [2.24, 2.45) is 5.92 Å². The molecular formula is C32H34N2O6. The lowest BCUT2D eigenvalue weighted by Gasteiger charge is -2.27. The van der Waals surface area contributed by atoms with Crippen LogP contribution in [0.3, 0.4) is 0 Å². The van der Waals surface area contributed by atoms with Crippen molar-refractivity contribution in [2.45, 2.75) is 44.3 Å². The summed E-state index contributed by atoms with van der Waals surface area (Å²) >= 11 is 0. The average molecular weight is 543 g/mol. The Balaban J connectivity index is 0.954. The molecule has 0 bridgehead atoms. The third-order valence-corrected chi connectivity index (χ3v) is 7.56. The van der Waals surface area contributed by atoms with E-state index in [1.54, 1.807) is 0 Å². The summed E-state index contributed by atoms with van der Waals surface area (Å²) in [6.07, 6.45) is 2.15. The molecule has 208 valence electrons. The zero-order valence-electron chi connectivity index (χ0n) is 22.3. The number of hydrogen-bond acceptors (Lipinski definition) is 6. The monoisotopic (exact) mass is 542 g/mol. The van der Waals surface area contributed by atoms with E-state index in [-0.39, 0.29) is 56.3 Å². The van der Waals surface area contributed by atoms with E-state index in [0.717, 1.165) is 40.7 Å². The number of carbonyl (C=O) groups excluding carboxylic acids is 3. The number of hydrogen-bond donors (Lipinski definition) is 2. The number of rotatable bonds is 10. The fraction of sp³-hybridized carbons (Fsp3) is 0.344. The van der Waals surface area contributed by atoms with Gasteiger partial charge in [-0.05, 0) is 53.5 Å². The Hall–Kier alpha value is -4.17. The van der Waals surface area contributed by atoms with Gasteiger partial charge in [-0.25, -0.2) is 4.79 Å². The minimum Gasteiger partial charge on any atom is -0.461 e. The first-order chi connectivity index (χ1) is 19.6. The summed E-state index contributed by atoms with van der Waals surface area (Å²) in [5, 5.41) is 5.16. The standard InChI is InChI=1S/C32H34N2O6/c35-30(34-21-40-24-16-14-23(15-17-24)31(36)38-19-22-8-2-1-3-9-22)18-33-32(37)39-20-29-27-12-6-4-10-25(27)26-11-5-7-13-28(26)29/h1-13,23-24,29H,14-21H2,(H,33,37)(H,34,35). The van der Waals surface area contributed by atoms with E-state index in [0.29, 0.717) is 12.8 Å². The van der Waals surface area contributed by atoms with Crippen molar-refractivity contribution in [3.05, 3.63) is 95.6 Å². The third kappa shape index (κ3) is 6.87. The van der Waals surface area contributed by atoms with Crippen molar-refractivity contribution >= 4 is 18.0 Å². The molecule has 1 saturated carbocycles. The van der Waals surface area contributed by atoms with Crippen molar-refractivity contribution < 1.29 is 28.6 Å². The molecule has 2 aliphatic rings. The number of nitrogens with one attached hydrogen (secondary N) is 2. The molecule has 0 atom stereocenters. The van der Waals surface area contributed by atoms with Crippen molar-refractivity contribution in [3.63, 3.8) is 0 Å². The van der Waals surface area contributed by atoms with Crippen molar-refractivity contribution in [2.75, 3.05) is 19.9 Å². The molecule has 1 fully saturated rings. The second-order valence-corrected chi connectivity index (χ2v) is 10.2. The number of amides is 2. The molecule has 2 N–H and O–H groups in total. The molecule has 0 radical (unpaired) electrons. The minimum absolute atomic E-state index is 0.0337. The first kappa shape index (κ1) is 27.4. The number of ether oxygens (including phenoxy) is 3. The highest BCUT2D eigenvalue weighted by atomic mass is 16.5. The molecule has 0 saturated heterocycles. The summed E-state index contributed by atoms with van der Waals surface area (Å²) in [5.41, 5.74) is 5.54. The zero-order chi connectivity index (χ0) is 27.7. The van der Waals surface area contributed by atoms with Crippen LogP contribution >= 0.6 is 0 Å². The predicted molar refractivity (Wildman–Crippen MR) is 149 cm³/mol. The normalized spacial score (nSPS) is 17.8. The van der Waals surface area contributed by atoms with Crippen LogP contribution in [0.2, 0.25) is 0 Å². The molecule has 2 aliphatic carbocycles. The predicted octanol–water partition coefficient (Wildman–Crippen LogP) is 4.92. The Kier molecular flexibility index (Phi) is 9.08. The number of fused-ring (bicyclic) bond motifs is 3. The van der Waals surface area contributed by atoms with Crippen molar-refractivity contribution in [3.8, 4) is 11.1 Å². The smallest absolute Gasteiger partial charge is 0.407 e. The molecule has 8 heteroatoms. The van der Waals surface area contributed by atoms with E-state index in [2.05, 4.69) is 34.9 Å². The SMILES string of the molecule is O=C(CNC(=O)OCC1c2ccccc2-c2ccccc21)NCOC1CCC(C(=O)OCc2ccccc2)CC1. The summed E-state index contributed by atoms with van der Waals surface area (Å²) in [4.78, 5) is 36.8. The maximum absolute atomic E-state index is 12.4. The van der Waals surface area contributed by atoms with Gasteiger partial charge in [-0.3, -0.25) is 9.59 Å². The first-order valence-corrected chi connectivity index (χ1v) is 13.8. The van der Waals surface area contributed by atoms with Gasteiger partial charge in [0.2, 0.25) is 5.91 Å². The Labute approximate surface area is 234 Å². The van der Waals surface area contributed by atoms with E-state index < -0.39 is 6.09 Å². The molecule has 0 unspecified atom stereocenters. The summed E-state index contributed by atoms with van der Waals surface area (Å²) < 4.78 is 16.7.